The highest BCUT2D eigenvalue weighted by atomic mass is 16.4. The van der Waals surface area contributed by atoms with Gasteiger partial charge in [-0.15, -0.1) is 0 Å². The van der Waals surface area contributed by atoms with Crippen LogP contribution in [0.3, 0.4) is 0 Å². The van der Waals surface area contributed by atoms with Crippen molar-refractivity contribution >= 4 is 16.7 Å². The largest absolute Gasteiger partial charge is 0.481 e. The summed E-state index contributed by atoms with van der Waals surface area (Å²) in [4.78, 5) is 11.0. The molecule has 0 aliphatic rings. The minimum atomic E-state index is -0.823. The number of hydrogen-bond acceptors (Lipinski definition) is 2. The highest BCUT2D eigenvalue weighted by molar-refractivity contribution is 5.83. The molecule has 19 heavy (non-hydrogen) atoms. The van der Waals surface area contributed by atoms with E-state index in [1.54, 1.807) is 0 Å². The molecular formula is C16H19NO2. The van der Waals surface area contributed by atoms with E-state index in [1.165, 1.54) is 0 Å². The molecule has 3 N–H and O–H groups in total. The number of carboxylic acids is 1. The molecule has 0 heterocycles. The Morgan fingerprint density at radius 2 is 1.84 bits per heavy atom. The Hall–Kier alpha value is -1.87. The predicted octanol–water partition coefficient (Wildman–Crippen LogP) is 3.14. The second kappa shape index (κ2) is 5.02. The smallest absolute Gasteiger partial charge is 0.304 e. The minimum Gasteiger partial charge on any atom is -0.481 e. The van der Waals surface area contributed by atoms with Crippen molar-refractivity contribution in [3.8, 4) is 0 Å². The van der Waals surface area contributed by atoms with E-state index in [0.29, 0.717) is 0 Å². The third-order valence-corrected chi connectivity index (χ3v) is 3.45. The van der Waals surface area contributed by atoms with Gasteiger partial charge in [-0.05, 0) is 30.2 Å². The first-order chi connectivity index (χ1) is 8.88. The average molecular weight is 257 g/mol. The van der Waals surface area contributed by atoms with Crippen LogP contribution in [0, 0.1) is 0 Å². The fourth-order valence-corrected chi connectivity index (χ4v) is 2.41. The van der Waals surface area contributed by atoms with Crippen molar-refractivity contribution in [3.05, 3.63) is 48.0 Å². The van der Waals surface area contributed by atoms with Crippen molar-refractivity contribution in [1.82, 2.24) is 0 Å². The van der Waals surface area contributed by atoms with Crippen LogP contribution in [0.25, 0.3) is 10.8 Å². The molecule has 0 bridgehead atoms. The van der Waals surface area contributed by atoms with Gasteiger partial charge in [0.05, 0.1) is 6.42 Å². The molecule has 2 aromatic carbocycles. The van der Waals surface area contributed by atoms with Crippen LogP contribution >= 0.6 is 0 Å². The number of rotatable bonds is 4. The number of carbonyl (C=O) groups is 1. The number of carboxylic acid groups (broad SMARTS) is 1. The maximum Gasteiger partial charge on any atom is 0.304 e. The van der Waals surface area contributed by atoms with Crippen LogP contribution in [0.15, 0.2) is 42.5 Å². The first-order valence-electron chi connectivity index (χ1n) is 6.37. The lowest BCUT2D eigenvalue weighted by Crippen LogP contribution is -2.40. The van der Waals surface area contributed by atoms with Crippen LogP contribution in [0.1, 0.15) is 31.7 Å². The molecule has 1 atom stereocenters. The molecule has 0 radical (unpaired) electrons. The van der Waals surface area contributed by atoms with E-state index < -0.39 is 11.5 Å². The summed E-state index contributed by atoms with van der Waals surface area (Å²) in [5.74, 6) is -1.02. The van der Waals surface area contributed by atoms with Crippen molar-refractivity contribution in [2.24, 2.45) is 5.73 Å². The Morgan fingerprint density at radius 3 is 2.42 bits per heavy atom. The van der Waals surface area contributed by atoms with Gasteiger partial charge in [-0.2, -0.15) is 0 Å². The van der Waals surface area contributed by atoms with E-state index in [-0.39, 0.29) is 12.3 Å². The molecule has 0 aliphatic carbocycles. The average Bonchev–Trinajstić information content (AvgIpc) is 2.34. The van der Waals surface area contributed by atoms with Crippen molar-refractivity contribution in [1.29, 1.82) is 0 Å². The summed E-state index contributed by atoms with van der Waals surface area (Å²) >= 11 is 0. The standard InChI is InChI=1S/C16H19NO2/c1-16(2,17)14(10-15(18)19)13-8-7-11-5-3-4-6-12(11)9-13/h3-9,14H,10,17H2,1-2H3,(H,18,19). The van der Waals surface area contributed by atoms with Gasteiger partial charge >= 0.3 is 5.97 Å². The molecule has 2 rings (SSSR count). The van der Waals surface area contributed by atoms with Gasteiger partial charge in [0.1, 0.15) is 0 Å². The Labute approximate surface area is 113 Å². The maximum absolute atomic E-state index is 11.0. The topological polar surface area (TPSA) is 63.3 Å². The summed E-state index contributed by atoms with van der Waals surface area (Å²) in [6, 6.07) is 14.1. The van der Waals surface area contributed by atoms with E-state index in [1.807, 2.05) is 56.3 Å². The van der Waals surface area contributed by atoms with Gasteiger partial charge < -0.3 is 10.8 Å². The molecule has 3 heteroatoms. The summed E-state index contributed by atoms with van der Waals surface area (Å²) in [6.07, 6.45) is 0.0435. The second-order valence-corrected chi connectivity index (χ2v) is 5.58. The van der Waals surface area contributed by atoms with Gasteiger partial charge in [0.15, 0.2) is 0 Å². The number of nitrogens with two attached hydrogens (primary N) is 1. The molecule has 0 amide bonds. The van der Waals surface area contributed by atoms with E-state index in [2.05, 4.69) is 0 Å². The van der Waals surface area contributed by atoms with Gasteiger partial charge in [-0.25, -0.2) is 0 Å². The Morgan fingerprint density at radius 1 is 1.21 bits per heavy atom. The molecule has 1 unspecified atom stereocenters. The van der Waals surface area contributed by atoms with E-state index in [4.69, 9.17) is 10.8 Å². The predicted molar refractivity (Wildman–Crippen MR) is 77.2 cm³/mol. The van der Waals surface area contributed by atoms with Crippen molar-refractivity contribution in [3.63, 3.8) is 0 Å². The zero-order chi connectivity index (χ0) is 14.0. The van der Waals surface area contributed by atoms with Gasteiger partial charge in [0.25, 0.3) is 0 Å². The second-order valence-electron chi connectivity index (χ2n) is 5.58. The number of aliphatic carboxylic acids is 1. The van der Waals surface area contributed by atoms with Crippen molar-refractivity contribution in [2.45, 2.75) is 31.7 Å². The third-order valence-electron chi connectivity index (χ3n) is 3.45. The Kier molecular flexibility index (Phi) is 3.58. The lowest BCUT2D eigenvalue weighted by atomic mass is 9.80. The number of benzene rings is 2. The third kappa shape index (κ3) is 3.12. The highest BCUT2D eigenvalue weighted by Gasteiger charge is 2.29. The van der Waals surface area contributed by atoms with Gasteiger partial charge in [0.2, 0.25) is 0 Å². The zero-order valence-electron chi connectivity index (χ0n) is 11.3. The van der Waals surface area contributed by atoms with Crippen LogP contribution < -0.4 is 5.73 Å². The van der Waals surface area contributed by atoms with Crippen LogP contribution in [-0.2, 0) is 4.79 Å². The monoisotopic (exact) mass is 257 g/mol. The SMILES string of the molecule is CC(C)(N)C(CC(=O)O)c1ccc2ccccc2c1. The Balaban J connectivity index is 2.46. The van der Waals surface area contributed by atoms with Gasteiger partial charge in [-0.3, -0.25) is 4.79 Å². The van der Waals surface area contributed by atoms with Crippen LogP contribution in [-0.4, -0.2) is 16.6 Å². The van der Waals surface area contributed by atoms with Crippen LogP contribution in [0.5, 0.6) is 0 Å². The minimum absolute atomic E-state index is 0.0435. The number of hydrogen-bond donors (Lipinski definition) is 2. The summed E-state index contributed by atoms with van der Waals surface area (Å²) in [6.45, 7) is 3.74. The molecule has 0 spiro atoms. The molecule has 0 saturated heterocycles. The van der Waals surface area contributed by atoms with Crippen molar-refractivity contribution in [2.75, 3.05) is 0 Å². The van der Waals surface area contributed by atoms with Crippen LogP contribution in [0.2, 0.25) is 0 Å². The lowest BCUT2D eigenvalue weighted by molar-refractivity contribution is -0.137. The fraction of sp³-hybridized carbons (Fsp3) is 0.312. The van der Waals surface area contributed by atoms with Crippen LogP contribution in [0.4, 0.5) is 0 Å². The molecule has 0 aliphatic heterocycles. The molecule has 3 nitrogen and oxygen atoms in total. The molecule has 100 valence electrons. The molecule has 0 fully saturated rings. The lowest BCUT2D eigenvalue weighted by Gasteiger charge is -2.30. The molecular weight excluding hydrogens is 238 g/mol. The maximum atomic E-state index is 11.0. The number of fused-ring (bicyclic) bond motifs is 1. The normalized spacial score (nSPS) is 13.4. The molecule has 0 saturated carbocycles. The summed E-state index contributed by atoms with van der Waals surface area (Å²) in [7, 11) is 0. The quantitative estimate of drug-likeness (QED) is 0.884. The van der Waals surface area contributed by atoms with E-state index in [0.717, 1.165) is 16.3 Å². The van der Waals surface area contributed by atoms with Gasteiger partial charge in [-0.1, -0.05) is 42.5 Å². The molecule has 2 aromatic rings. The summed E-state index contributed by atoms with van der Waals surface area (Å²) in [5, 5.41) is 11.3. The van der Waals surface area contributed by atoms with Gasteiger partial charge in [0, 0.05) is 11.5 Å². The first-order valence-corrected chi connectivity index (χ1v) is 6.37. The Bertz CT molecular complexity index is 599. The fourth-order valence-electron chi connectivity index (χ4n) is 2.41. The summed E-state index contributed by atoms with van der Waals surface area (Å²) in [5.41, 5.74) is 6.55. The highest BCUT2D eigenvalue weighted by Crippen LogP contribution is 2.31. The van der Waals surface area contributed by atoms with E-state index >= 15 is 0 Å². The summed E-state index contributed by atoms with van der Waals surface area (Å²) < 4.78 is 0. The first kappa shape index (κ1) is 13.6. The van der Waals surface area contributed by atoms with E-state index in [9.17, 15) is 4.79 Å². The van der Waals surface area contributed by atoms with Crippen molar-refractivity contribution < 1.29 is 9.90 Å². The molecule has 0 aromatic heterocycles. The zero-order valence-corrected chi connectivity index (χ0v) is 11.3.